The molecule has 0 aliphatic rings. The van der Waals surface area contributed by atoms with E-state index in [-0.39, 0.29) is 5.78 Å². The molecule has 19 heavy (non-hydrogen) atoms. The number of ketones is 1. The van der Waals surface area contributed by atoms with Crippen LogP contribution in [0.2, 0.25) is 5.02 Å². The van der Waals surface area contributed by atoms with Crippen LogP contribution < -0.4 is 5.73 Å². The van der Waals surface area contributed by atoms with Gasteiger partial charge in [-0.25, -0.2) is 0 Å². The number of hydrogen-bond acceptors (Lipinski definition) is 2. The normalized spacial score (nSPS) is 10.4. The van der Waals surface area contributed by atoms with Crippen LogP contribution in [0.5, 0.6) is 0 Å². The van der Waals surface area contributed by atoms with Crippen LogP contribution in [0, 0.1) is 0 Å². The quantitative estimate of drug-likeness (QED) is 0.657. The van der Waals surface area contributed by atoms with Crippen molar-refractivity contribution in [1.82, 2.24) is 0 Å². The Kier molecular flexibility index (Phi) is 4.58. The van der Waals surface area contributed by atoms with E-state index in [1.54, 1.807) is 18.2 Å². The number of carbonyl (C=O) groups is 1. The molecule has 2 aromatic rings. The summed E-state index contributed by atoms with van der Waals surface area (Å²) in [4.78, 5) is 12.0. The lowest BCUT2D eigenvalue weighted by Crippen LogP contribution is -2.01. The maximum atomic E-state index is 12.0. The van der Waals surface area contributed by atoms with Gasteiger partial charge in [-0.1, -0.05) is 41.9 Å². The number of Topliss-reactive ketones (excluding diaryl/α,β-unsaturated/α-hetero) is 1. The van der Waals surface area contributed by atoms with E-state index >= 15 is 0 Å². The summed E-state index contributed by atoms with van der Waals surface area (Å²) in [6, 6.07) is 15.2. The third-order valence-corrected chi connectivity index (χ3v) is 3.37. The SMILES string of the molecule is Nc1cc(C(=O)CCCc2ccccc2)ccc1Cl. The van der Waals surface area contributed by atoms with Gasteiger partial charge in [0.2, 0.25) is 0 Å². The molecule has 0 aliphatic carbocycles. The highest BCUT2D eigenvalue weighted by Crippen LogP contribution is 2.20. The molecule has 0 spiro atoms. The van der Waals surface area contributed by atoms with Crippen LogP contribution in [0.3, 0.4) is 0 Å². The summed E-state index contributed by atoms with van der Waals surface area (Å²) in [5.41, 5.74) is 8.04. The molecular formula is C16H16ClNO. The first-order chi connectivity index (χ1) is 9.16. The van der Waals surface area contributed by atoms with E-state index in [0.717, 1.165) is 12.8 Å². The highest BCUT2D eigenvalue weighted by molar-refractivity contribution is 6.33. The predicted molar refractivity (Wildman–Crippen MR) is 79.6 cm³/mol. The third kappa shape index (κ3) is 3.83. The molecule has 0 aliphatic heterocycles. The first kappa shape index (κ1) is 13.6. The predicted octanol–water partition coefficient (Wildman–Crippen LogP) is 4.13. The molecule has 0 bridgehead atoms. The fourth-order valence-corrected chi connectivity index (χ4v) is 2.08. The Hall–Kier alpha value is -1.80. The van der Waals surface area contributed by atoms with Crippen LogP contribution >= 0.6 is 11.6 Å². The minimum atomic E-state index is 0.110. The molecule has 0 heterocycles. The first-order valence-electron chi connectivity index (χ1n) is 6.29. The molecule has 2 N–H and O–H groups in total. The maximum absolute atomic E-state index is 12.0. The zero-order chi connectivity index (χ0) is 13.7. The number of benzene rings is 2. The smallest absolute Gasteiger partial charge is 0.162 e. The van der Waals surface area contributed by atoms with Gasteiger partial charge in [0.15, 0.2) is 5.78 Å². The fourth-order valence-electron chi connectivity index (χ4n) is 1.96. The van der Waals surface area contributed by atoms with Crippen molar-refractivity contribution in [2.24, 2.45) is 0 Å². The van der Waals surface area contributed by atoms with E-state index in [1.807, 2.05) is 18.2 Å². The topological polar surface area (TPSA) is 43.1 Å². The van der Waals surface area contributed by atoms with Gasteiger partial charge < -0.3 is 5.73 Å². The van der Waals surface area contributed by atoms with Crippen molar-refractivity contribution in [3.05, 3.63) is 64.7 Å². The molecule has 98 valence electrons. The number of nitrogens with two attached hydrogens (primary N) is 1. The van der Waals surface area contributed by atoms with E-state index in [4.69, 9.17) is 17.3 Å². The van der Waals surface area contributed by atoms with Crippen molar-refractivity contribution in [1.29, 1.82) is 0 Å². The highest BCUT2D eigenvalue weighted by atomic mass is 35.5. The van der Waals surface area contributed by atoms with E-state index in [9.17, 15) is 4.79 Å². The second-order valence-electron chi connectivity index (χ2n) is 4.50. The largest absolute Gasteiger partial charge is 0.398 e. The molecule has 0 amide bonds. The molecule has 0 atom stereocenters. The number of hydrogen-bond donors (Lipinski definition) is 1. The molecule has 2 rings (SSSR count). The van der Waals surface area contributed by atoms with Gasteiger partial charge in [0.25, 0.3) is 0 Å². The number of rotatable bonds is 5. The minimum absolute atomic E-state index is 0.110. The summed E-state index contributed by atoms with van der Waals surface area (Å²) in [5.74, 6) is 0.110. The number of halogens is 1. The summed E-state index contributed by atoms with van der Waals surface area (Å²) < 4.78 is 0. The van der Waals surface area contributed by atoms with Gasteiger partial charge in [0, 0.05) is 12.0 Å². The number of aryl methyl sites for hydroxylation is 1. The van der Waals surface area contributed by atoms with Gasteiger partial charge in [-0.3, -0.25) is 4.79 Å². The Labute approximate surface area is 118 Å². The Morgan fingerprint density at radius 3 is 2.53 bits per heavy atom. The van der Waals surface area contributed by atoms with Crippen LogP contribution in [0.15, 0.2) is 48.5 Å². The average Bonchev–Trinajstić information content (AvgIpc) is 2.43. The zero-order valence-corrected chi connectivity index (χ0v) is 11.4. The van der Waals surface area contributed by atoms with Crippen LogP contribution in [0.25, 0.3) is 0 Å². The van der Waals surface area contributed by atoms with Crippen LogP contribution in [0.1, 0.15) is 28.8 Å². The van der Waals surface area contributed by atoms with Crippen molar-refractivity contribution < 1.29 is 4.79 Å². The molecule has 0 fully saturated rings. The zero-order valence-electron chi connectivity index (χ0n) is 10.6. The van der Waals surface area contributed by atoms with Crippen molar-refractivity contribution in [3.8, 4) is 0 Å². The van der Waals surface area contributed by atoms with E-state index in [2.05, 4.69) is 12.1 Å². The maximum Gasteiger partial charge on any atom is 0.162 e. The summed E-state index contributed by atoms with van der Waals surface area (Å²) >= 11 is 5.83. The van der Waals surface area contributed by atoms with E-state index in [1.165, 1.54) is 5.56 Å². The molecule has 2 nitrogen and oxygen atoms in total. The van der Waals surface area contributed by atoms with Crippen LogP contribution in [-0.4, -0.2) is 5.78 Å². The molecular weight excluding hydrogens is 258 g/mol. The lowest BCUT2D eigenvalue weighted by molar-refractivity contribution is 0.0980. The fraction of sp³-hybridized carbons (Fsp3) is 0.188. The molecule has 0 unspecified atom stereocenters. The standard InChI is InChI=1S/C16H16ClNO/c17-14-10-9-13(11-15(14)18)16(19)8-4-7-12-5-2-1-3-6-12/h1-3,5-6,9-11H,4,7-8,18H2. The minimum Gasteiger partial charge on any atom is -0.398 e. The van der Waals surface area contributed by atoms with Gasteiger partial charge in [0.05, 0.1) is 10.7 Å². The molecule has 0 saturated carbocycles. The van der Waals surface area contributed by atoms with Gasteiger partial charge in [-0.05, 0) is 36.6 Å². The second-order valence-corrected chi connectivity index (χ2v) is 4.91. The van der Waals surface area contributed by atoms with Crippen LogP contribution in [-0.2, 0) is 6.42 Å². The van der Waals surface area contributed by atoms with Crippen molar-refractivity contribution >= 4 is 23.1 Å². The molecule has 0 saturated heterocycles. The Morgan fingerprint density at radius 1 is 1.11 bits per heavy atom. The number of anilines is 1. The van der Waals surface area contributed by atoms with E-state index < -0.39 is 0 Å². The van der Waals surface area contributed by atoms with Crippen molar-refractivity contribution in [3.63, 3.8) is 0 Å². The van der Waals surface area contributed by atoms with Gasteiger partial charge in [0.1, 0.15) is 0 Å². The summed E-state index contributed by atoms with van der Waals surface area (Å²) in [5, 5.41) is 0.487. The molecule has 0 aromatic heterocycles. The van der Waals surface area contributed by atoms with Crippen molar-refractivity contribution in [2.75, 3.05) is 5.73 Å². The van der Waals surface area contributed by atoms with Gasteiger partial charge >= 0.3 is 0 Å². The first-order valence-corrected chi connectivity index (χ1v) is 6.67. The summed E-state index contributed by atoms with van der Waals surface area (Å²) in [7, 11) is 0. The highest BCUT2D eigenvalue weighted by Gasteiger charge is 2.07. The lowest BCUT2D eigenvalue weighted by atomic mass is 10.0. The van der Waals surface area contributed by atoms with E-state index in [0.29, 0.717) is 22.7 Å². The number of carbonyl (C=O) groups excluding carboxylic acids is 1. The molecule has 2 aromatic carbocycles. The van der Waals surface area contributed by atoms with Gasteiger partial charge in [-0.2, -0.15) is 0 Å². The van der Waals surface area contributed by atoms with Crippen LogP contribution in [0.4, 0.5) is 5.69 Å². The Bertz CT molecular complexity index is 566. The summed E-state index contributed by atoms with van der Waals surface area (Å²) in [6.07, 6.45) is 2.27. The van der Waals surface area contributed by atoms with Crippen molar-refractivity contribution in [2.45, 2.75) is 19.3 Å². The Morgan fingerprint density at radius 2 is 1.84 bits per heavy atom. The molecule has 3 heteroatoms. The average molecular weight is 274 g/mol. The molecule has 0 radical (unpaired) electrons. The monoisotopic (exact) mass is 273 g/mol. The number of nitrogen functional groups attached to an aromatic ring is 1. The lowest BCUT2D eigenvalue weighted by Gasteiger charge is -2.04. The Balaban J connectivity index is 1.89. The summed E-state index contributed by atoms with van der Waals surface area (Å²) in [6.45, 7) is 0. The van der Waals surface area contributed by atoms with Gasteiger partial charge in [-0.15, -0.1) is 0 Å². The third-order valence-electron chi connectivity index (χ3n) is 3.03. The second kappa shape index (κ2) is 6.39.